The minimum atomic E-state index is -3.44. The van der Waals surface area contributed by atoms with Gasteiger partial charge in [-0.1, -0.05) is 6.07 Å². The second-order valence-corrected chi connectivity index (χ2v) is 6.45. The molecule has 1 atom stereocenters. The van der Waals surface area contributed by atoms with Gasteiger partial charge in [-0.15, -0.1) is 0 Å². The molecule has 0 fully saturated rings. The monoisotopic (exact) mass is 294 g/mol. The minimum absolute atomic E-state index is 0.0451. The molecule has 1 aromatic heterocycles. The van der Waals surface area contributed by atoms with Gasteiger partial charge in [-0.3, -0.25) is 0 Å². The summed E-state index contributed by atoms with van der Waals surface area (Å²) in [6.45, 7) is 3.88. The summed E-state index contributed by atoms with van der Waals surface area (Å²) >= 11 is 0. The average Bonchev–Trinajstić information content (AvgIpc) is 2.95. The first-order chi connectivity index (χ1) is 9.44. The third kappa shape index (κ3) is 3.02. The van der Waals surface area contributed by atoms with Crippen LogP contribution in [0.4, 0.5) is 5.69 Å². The third-order valence-electron chi connectivity index (χ3n) is 3.13. The number of hydrogen-bond acceptors (Lipinski definition) is 4. The lowest BCUT2D eigenvalue weighted by molar-refractivity contribution is 0.490. The molecule has 20 heavy (non-hydrogen) atoms. The maximum Gasteiger partial charge on any atom is 0.240 e. The molecule has 108 valence electrons. The van der Waals surface area contributed by atoms with E-state index in [4.69, 9.17) is 4.42 Å². The van der Waals surface area contributed by atoms with Crippen LogP contribution in [0.3, 0.4) is 0 Å². The van der Waals surface area contributed by atoms with E-state index in [1.54, 1.807) is 24.5 Å². The van der Waals surface area contributed by atoms with E-state index in [9.17, 15) is 8.42 Å². The van der Waals surface area contributed by atoms with Gasteiger partial charge in [0.25, 0.3) is 0 Å². The number of anilines is 1. The van der Waals surface area contributed by atoms with Crippen LogP contribution in [0.5, 0.6) is 0 Å². The summed E-state index contributed by atoms with van der Waals surface area (Å²) < 4.78 is 31.3. The maximum absolute atomic E-state index is 11.8. The van der Waals surface area contributed by atoms with E-state index in [0.717, 1.165) is 17.0 Å². The van der Waals surface area contributed by atoms with Gasteiger partial charge in [0.15, 0.2) is 0 Å². The first-order valence-corrected chi connectivity index (χ1v) is 7.76. The van der Waals surface area contributed by atoms with E-state index < -0.39 is 10.0 Å². The fourth-order valence-electron chi connectivity index (χ4n) is 1.88. The molecule has 0 amide bonds. The lowest BCUT2D eigenvalue weighted by Crippen LogP contribution is -2.19. The Hall–Kier alpha value is -1.79. The summed E-state index contributed by atoms with van der Waals surface area (Å²) in [4.78, 5) is 0.236. The van der Waals surface area contributed by atoms with E-state index in [1.807, 2.05) is 26.0 Å². The fraction of sp³-hybridized carbons (Fsp3) is 0.286. The first kappa shape index (κ1) is 14.6. The van der Waals surface area contributed by atoms with Crippen molar-refractivity contribution in [3.8, 4) is 0 Å². The molecule has 0 saturated carbocycles. The topological polar surface area (TPSA) is 71.3 Å². The number of hydrogen-bond donors (Lipinski definition) is 2. The van der Waals surface area contributed by atoms with Crippen molar-refractivity contribution >= 4 is 15.7 Å². The molecular weight excluding hydrogens is 276 g/mol. The number of furan rings is 1. The Morgan fingerprint density at radius 2 is 2.00 bits per heavy atom. The Labute approximate surface area is 119 Å². The predicted octanol–water partition coefficient (Wildman–Crippen LogP) is 2.67. The van der Waals surface area contributed by atoms with Crippen molar-refractivity contribution in [2.75, 3.05) is 12.4 Å². The van der Waals surface area contributed by atoms with Crippen LogP contribution in [0.25, 0.3) is 0 Å². The van der Waals surface area contributed by atoms with E-state index in [0.29, 0.717) is 0 Å². The zero-order valence-electron chi connectivity index (χ0n) is 11.7. The van der Waals surface area contributed by atoms with Crippen LogP contribution in [-0.4, -0.2) is 15.5 Å². The molecule has 1 aromatic carbocycles. The highest BCUT2D eigenvalue weighted by Gasteiger charge is 2.15. The van der Waals surface area contributed by atoms with Crippen LogP contribution in [0, 0.1) is 6.92 Å². The highest BCUT2D eigenvalue weighted by Crippen LogP contribution is 2.25. The van der Waals surface area contributed by atoms with Crippen molar-refractivity contribution < 1.29 is 12.8 Å². The van der Waals surface area contributed by atoms with Gasteiger partial charge in [0.1, 0.15) is 5.76 Å². The van der Waals surface area contributed by atoms with E-state index in [-0.39, 0.29) is 10.9 Å². The van der Waals surface area contributed by atoms with Crippen molar-refractivity contribution in [2.24, 2.45) is 0 Å². The molecular formula is C14H18N2O3S. The number of rotatable bonds is 5. The molecule has 5 nitrogen and oxygen atoms in total. The van der Waals surface area contributed by atoms with Crippen molar-refractivity contribution in [2.45, 2.75) is 24.8 Å². The van der Waals surface area contributed by atoms with Crippen LogP contribution < -0.4 is 10.0 Å². The summed E-state index contributed by atoms with van der Waals surface area (Å²) in [5, 5.41) is 3.26. The van der Waals surface area contributed by atoms with Gasteiger partial charge in [0.2, 0.25) is 10.0 Å². The molecule has 0 saturated heterocycles. The maximum atomic E-state index is 11.8. The molecule has 0 aliphatic heterocycles. The Balaban J connectivity index is 2.30. The van der Waals surface area contributed by atoms with Gasteiger partial charge in [-0.05, 0) is 50.7 Å². The van der Waals surface area contributed by atoms with Gasteiger partial charge in [0, 0.05) is 5.69 Å². The molecule has 0 spiro atoms. The van der Waals surface area contributed by atoms with Crippen LogP contribution >= 0.6 is 0 Å². The van der Waals surface area contributed by atoms with Crippen molar-refractivity contribution in [3.05, 3.63) is 47.9 Å². The minimum Gasteiger partial charge on any atom is -0.467 e. The quantitative estimate of drug-likeness (QED) is 0.889. The molecule has 0 bridgehead atoms. The summed E-state index contributed by atoms with van der Waals surface area (Å²) in [5.41, 5.74) is 1.74. The third-order valence-corrected chi connectivity index (χ3v) is 4.54. The van der Waals surface area contributed by atoms with Gasteiger partial charge < -0.3 is 9.73 Å². The second kappa shape index (κ2) is 5.68. The van der Waals surface area contributed by atoms with Gasteiger partial charge in [0.05, 0.1) is 17.2 Å². The number of aryl methyl sites for hydroxylation is 1. The largest absolute Gasteiger partial charge is 0.467 e. The molecule has 2 N–H and O–H groups in total. The number of sulfonamides is 1. The van der Waals surface area contributed by atoms with Crippen LogP contribution in [0.1, 0.15) is 24.3 Å². The molecule has 0 radical (unpaired) electrons. The molecule has 2 aromatic rings. The highest BCUT2D eigenvalue weighted by molar-refractivity contribution is 7.89. The Kier molecular flexibility index (Phi) is 4.15. The van der Waals surface area contributed by atoms with Gasteiger partial charge >= 0.3 is 0 Å². The fourth-order valence-corrected chi connectivity index (χ4v) is 2.64. The summed E-state index contributed by atoms with van der Waals surface area (Å²) in [7, 11) is -2.04. The molecule has 0 aliphatic carbocycles. The summed E-state index contributed by atoms with van der Waals surface area (Å²) in [6, 6.07) is 8.64. The zero-order chi connectivity index (χ0) is 14.8. The summed E-state index contributed by atoms with van der Waals surface area (Å²) in [5.74, 6) is 0.797. The number of benzene rings is 1. The van der Waals surface area contributed by atoms with Crippen molar-refractivity contribution in [1.29, 1.82) is 0 Å². The highest BCUT2D eigenvalue weighted by atomic mass is 32.2. The smallest absolute Gasteiger partial charge is 0.240 e. The molecule has 1 heterocycles. The molecule has 6 heteroatoms. The van der Waals surface area contributed by atoms with Gasteiger partial charge in [-0.25, -0.2) is 13.1 Å². The second-order valence-electron chi connectivity index (χ2n) is 4.57. The summed E-state index contributed by atoms with van der Waals surface area (Å²) in [6.07, 6.45) is 1.61. The standard InChI is InChI=1S/C14H18N2O3S/c1-10-6-7-12(20(17,18)15-3)9-13(10)16-11(2)14-5-4-8-19-14/h4-9,11,15-16H,1-3H3. The normalized spacial score (nSPS) is 13.2. The van der Waals surface area contributed by atoms with Gasteiger partial charge in [-0.2, -0.15) is 0 Å². The predicted molar refractivity (Wildman–Crippen MR) is 78.2 cm³/mol. The van der Waals surface area contributed by atoms with E-state index >= 15 is 0 Å². The number of nitrogens with one attached hydrogen (secondary N) is 2. The Morgan fingerprint density at radius 1 is 1.25 bits per heavy atom. The van der Waals surface area contributed by atoms with E-state index in [2.05, 4.69) is 10.0 Å². The van der Waals surface area contributed by atoms with Crippen LogP contribution in [0.2, 0.25) is 0 Å². The Bertz CT molecular complexity index is 678. The zero-order valence-corrected chi connectivity index (χ0v) is 12.5. The molecule has 0 aliphatic rings. The molecule has 1 unspecified atom stereocenters. The van der Waals surface area contributed by atoms with E-state index in [1.165, 1.54) is 7.05 Å². The first-order valence-electron chi connectivity index (χ1n) is 6.28. The van der Waals surface area contributed by atoms with Crippen molar-refractivity contribution in [1.82, 2.24) is 4.72 Å². The lowest BCUT2D eigenvalue weighted by Gasteiger charge is -2.16. The average molecular weight is 294 g/mol. The Morgan fingerprint density at radius 3 is 2.60 bits per heavy atom. The van der Waals surface area contributed by atoms with Crippen LogP contribution in [-0.2, 0) is 10.0 Å². The van der Waals surface area contributed by atoms with Crippen LogP contribution in [0.15, 0.2) is 45.9 Å². The SMILES string of the molecule is CNS(=O)(=O)c1ccc(C)c(NC(C)c2ccco2)c1. The lowest BCUT2D eigenvalue weighted by atomic mass is 10.1. The van der Waals surface area contributed by atoms with Crippen molar-refractivity contribution in [3.63, 3.8) is 0 Å². The molecule has 2 rings (SSSR count).